The van der Waals surface area contributed by atoms with Gasteiger partial charge in [0.1, 0.15) is 0 Å². The van der Waals surface area contributed by atoms with Crippen LogP contribution in [0.5, 0.6) is 0 Å². The van der Waals surface area contributed by atoms with Gasteiger partial charge < -0.3 is 10.4 Å². The third kappa shape index (κ3) is 4.11. The zero-order valence-electron chi connectivity index (χ0n) is 13.6. The Kier molecular flexibility index (Phi) is 5.53. The average Bonchev–Trinajstić information content (AvgIpc) is 2.54. The lowest BCUT2D eigenvalue weighted by molar-refractivity contribution is -0.116. The zero-order valence-corrected chi connectivity index (χ0v) is 13.6. The van der Waals surface area contributed by atoms with Crippen molar-refractivity contribution in [3.8, 4) is 0 Å². The number of fused-ring (bicyclic) bond motifs is 3. The van der Waals surface area contributed by atoms with E-state index in [1.807, 2.05) is 6.08 Å². The highest BCUT2D eigenvalue weighted by Gasteiger charge is 2.29. The topological polar surface area (TPSA) is 52.6 Å². The summed E-state index contributed by atoms with van der Waals surface area (Å²) >= 11 is 0. The van der Waals surface area contributed by atoms with E-state index in [2.05, 4.69) is 10.2 Å². The number of carbonyl (C=O) groups excluding carboxylic acids is 1. The fraction of sp³-hybridized carbons (Fsp3) is 0.833. The predicted molar refractivity (Wildman–Crippen MR) is 87.5 cm³/mol. The van der Waals surface area contributed by atoms with Gasteiger partial charge in [0, 0.05) is 19.2 Å². The molecule has 0 aromatic heterocycles. The Morgan fingerprint density at radius 2 is 2.00 bits per heavy atom. The first kappa shape index (κ1) is 16.0. The fourth-order valence-corrected chi connectivity index (χ4v) is 4.33. The van der Waals surface area contributed by atoms with Crippen LogP contribution in [0.15, 0.2) is 11.6 Å². The second-order valence-corrected chi connectivity index (χ2v) is 7.31. The molecule has 2 N–H and O–H groups in total. The van der Waals surface area contributed by atoms with E-state index in [0.29, 0.717) is 11.8 Å². The molecule has 1 amide bonds. The van der Waals surface area contributed by atoms with Crippen LogP contribution in [-0.4, -0.2) is 48.2 Å². The summed E-state index contributed by atoms with van der Waals surface area (Å²) in [5.74, 6) is 1.17. The van der Waals surface area contributed by atoms with Crippen LogP contribution in [0.3, 0.4) is 0 Å². The summed E-state index contributed by atoms with van der Waals surface area (Å²) in [4.78, 5) is 14.5. The Morgan fingerprint density at radius 3 is 2.68 bits per heavy atom. The summed E-state index contributed by atoms with van der Waals surface area (Å²) in [6.07, 6.45) is 10.7. The molecule has 0 aromatic rings. The minimum atomic E-state index is -0.113. The van der Waals surface area contributed by atoms with Crippen LogP contribution >= 0.6 is 0 Å². The second kappa shape index (κ2) is 7.60. The van der Waals surface area contributed by atoms with E-state index < -0.39 is 0 Å². The van der Waals surface area contributed by atoms with E-state index in [-0.39, 0.29) is 12.0 Å². The first-order chi connectivity index (χ1) is 10.7. The van der Waals surface area contributed by atoms with Crippen LogP contribution < -0.4 is 5.32 Å². The van der Waals surface area contributed by atoms with E-state index >= 15 is 0 Å². The maximum atomic E-state index is 12.0. The van der Waals surface area contributed by atoms with Crippen molar-refractivity contribution in [3.05, 3.63) is 11.6 Å². The third-order valence-corrected chi connectivity index (χ3v) is 5.75. The molecule has 22 heavy (non-hydrogen) atoms. The number of hydrogen-bond donors (Lipinski definition) is 2. The van der Waals surface area contributed by atoms with E-state index in [4.69, 9.17) is 0 Å². The minimum Gasteiger partial charge on any atom is -0.393 e. The number of aliphatic hydroxyl groups excluding tert-OH is 1. The largest absolute Gasteiger partial charge is 0.393 e. The first-order valence-electron chi connectivity index (χ1n) is 9.11. The van der Waals surface area contributed by atoms with Gasteiger partial charge in [0.05, 0.1) is 6.10 Å². The van der Waals surface area contributed by atoms with E-state index in [1.165, 1.54) is 44.3 Å². The molecule has 1 aliphatic carbocycles. The number of rotatable bonds is 5. The summed E-state index contributed by atoms with van der Waals surface area (Å²) < 4.78 is 0. The lowest BCUT2D eigenvalue weighted by Gasteiger charge is -2.40. The maximum absolute atomic E-state index is 12.0. The van der Waals surface area contributed by atoms with Crippen LogP contribution in [0.4, 0.5) is 0 Å². The number of nitrogens with one attached hydrogen (secondary N) is 1. The van der Waals surface area contributed by atoms with Crippen molar-refractivity contribution < 1.29 is 9.90 Å². The molecule has 3 aliphatic heterocycles. The molecule has 2 unspecified atom stereocenters. The molecular weight excluding hydrogens is 276 g/mol. The number of amides is 1. The van der Waals surface area contributed by atoms with Gasteiger partial charge in [0.25, 0.3) is 0 Å². The predicted octanol–water partition coefficient (Wildman–Crippen LogP) is 2.09. The van der Waals surface area contributed by atoms with Crippen LogP contribution in [0.1, 0.15) is 51.4 Å². The highest BCUT2D eigenvalue weighted by atomic mass is 16.3. The highest BCUT2D eigenvalue weighted by Crippen LogP contribution is 2.31. The normalized spacial score (nSPS) is 36.5. The number of aliphatic hydroxyl groups is 1. The van der Waals surface area contributed by atoms with Crippen molar-refractivity contribution in [1.29, 1.82) is 0 Å². The van der Waals surface area contributed by atoms with Crippen LogP contribution in [-0.2, 0) is 4.79 Å². The van der Waals surface area contributed by atoms with Gasteiger partial charge in [0.15, 0.2) is 0 Å². The summed E-state index contributed by atoms with van der Waals surface area (Å²) in [5, 5.41) is 13.0. The van der Waals surface area contributed by atoms with Gasteiger partial charge in [-0.25, -0.2) is 0 Å². The van der Waals surface area contributed by atoms with E-state index in [1.54, 1.807) is 0 Å². The molecule has 3 saturated heterocycles. The van der Waals surface area contributed by atoms with Crippen molar-refractivity contribution in [2.75, 3.05) is 26.2 Å². The summed E-state index contributed by atoms with van der Waals surface area (Å²) in [5.41, 5.74) is 1.33. The molecule has 124 valence electrons. The van der Waals surface area contributed by atoms with E-state index in [9.17, 15) is 9.90 Å². The standard InChI is InChI=1S/C18H30N2O2/c21-17-6-2-1-4-15(17)5-3-9-19-18(22)12-16-13-20-10-7-14(16)8-11-20/h12,14-15,17,21H,1-11,13H2,(H,19,22)/b16-12-. The van der Waals surface area contributed by atoms with Crippen LogP contribution in [0, 0.1) is 11.8 Å². The monoisotopic (exact) mass is 306 g/mol. The van der Waals surface area contributed by atoms with Gasteiger partial charge in [-0.1, -0.05) is 12.8 Å². The molecule has 0 aromatic carbocycles. The first-order valence-corrected chi connectivity index (χ1v) is 9.11. The van der Waals surface area contributed by atoms with Crippen LogP contribution in [0.25, 0.3) is 0 Å². The average molecular weight is 306 g/mol. The molecule has 4 fully saturated rings. The van der Waals surface area contributed by atoms with Gasteiger partial charge >= 0.3 is 0 Å². The number of carbonyl (C=O) groups is 1. The third-order valence-electron chi connectivity index (χ3n) is 5.75. The summed E-state index contributed by atoms with van der Waals surface area (Å²) in [6.45, 7) is 4.13. The molecule has 2 bridgehead atoms. The number of hydrogen-bond acceptors (Lipinski definition) is 3. The molecule has 0 spiro atoms. The zero-order chi connectivity index (χ0) is 15.4. The molecule has 4 rings (SSSR count). The Morgan fingerprint density at radius 1 is 1.23 bits per heavy atom. The Bertz CT molecular complexity index is 413. The maximum Gasteiger partial charge on any atom is 0.243 e. The lowest BCUT2D eigenvalue weighted by atomic mass is 9.83. The Balaban J connectivity index is 1.36. The van der Waals surface area contributed by atoms with Gasteiger partial charge in [-0.2, -0.15) is 0 Å². The highest BCUT2D eigenvalue weighted by molar-refractivity contribution is 5.88. The molecule has 4 heteroatoms. The summed E-state index contributed by atoms with van der Waals surface area (Å²) in [7, 11) is 0. The molecule has 4 aliphatic rings. The Hall–Kier alpha value is -0.870. The summed E-state index contributed by atoms with van der Waals surface area (Å²) in [6, 6.07) is 0. The fourth-order valence-electron chi connectivity index (χ4n) is 4.33. The molecule has 4 nitrogen and oxygen atoms in total. The van der Waals surface area contributed by atoms with Crippen LogP contribution in [0.2, 0.25) is 0 Å². The van der Waals surface area contributed by atoms with Crippen molar-refractivity contribution >= 4 is 5.91 Å². The lowest BCUT2D eigenvalue weighted by Crippen LogP contribution is -2.43. The molecular formula is C18H30N2O2. The van der Waals surface area contributed by atoms with Crippen molar-refractivity contribution in [3.63, 3.8) is 0 Å². The molecule has 1 saturated carbocycles. The number of piperidine rings is 3. The van der Waals surface area contributed by atoms with Crippen molar-refractivity contribution in [1.82, 2.24) is 10.2 Å². The van der Waals surface area contributed by atoms with Crippen molar-refractivity contribution in [2.24, 2.45) is 11.8 Å². The molecule has 3 heterocycles. The SMILES string of the molecule is O=C(/C=C1/CN2CCC1CC2)NCCCC1CCCCC1O. The smallest absolute Gasteiger partial charge is 0.243 e. The second-order valence-electron chi connectivity index (χ2n) is 7.31. The molecule has 2 atom stereocenters. The van der Waals surface area contributed by atoms with Gasteiger partial charge in [0.2, 0.25) is 5.91 Å². The van der Waals surface area contributed by atoms with Crippen molar-refractivity contribution in [2.45, 2.75) is 57.5 Å². The van der Waals surface area contributed by atoms with Gasteiger partial charge in [-0.3, -0.25) is 9.69 Å². The Labute approximate surface area is 134 Å². The minimum absolute atomic E-state index is 0.0768. The quantitative estimate of drug-likeness (QED) is 0.604. The number of nitrogens with zero attached hydrogens (tertiary/aromatic N) is 1. The van der Waals surface area contributed by atoms with Gasteiger partial charge in [-0.15, -0.1) is 0 Å². The molecule has 0 radical (unpaired) electrons. The van der Waals surface area contributed by atoms with Gasteiger partial charge in [-0.05, 0) is 69.0 Å². The van der Waals surface area contributed by atoms with E-state index in [0.717, 1.165) is 38.8 Å².